The van der Waals surface area contributed by atoms with Gasteiger partial charge in [0.1, 0.15) is 11.8 Å². The van der Waals surface area contributed by atoms with E-state index < -0.39 is 22.0 Å². The number of nitrogens with one attached hydrogen (secondary N) is 1. The van der Waals surface area contributed by atoms with Crippen LogP contribution in [0.15, 0.2) is 36.4 Å². The molecule has 0 saturated heterocycles. The van der Waals surface area contributed by atoms with Gasteiger partial charge in [-0.05, 0) is 49.2 Å². The van der Waals surface area contributed by atoms with Crippen molar-refractivity contribution in [3.63, 3.8) is 0 Å². The predicted octanol–water partition coefficient (Wildman–Crippen LogP) is 4.49. The molecule has 0 bridgehead atoms. The molecule has 0 aliphatic heterocycles. The maximum Gasteiger partial charge on any atom is 0.248 e. The molecule has 0 aromatic heterocycles. The van der Waals surface area contributed by atoms with Gasteiger partial charge in [0.2, 0.25) is 15.9 Å². The largest absolute Gasteiger partial charge is 0.495 e. The molecule has 1 amide bonds. The van der Waals surface area contributed by atoms with Crippen molar-refractivity contribution in [2.75, 3.05) is 23.0 Å². The summed E-state index contributed by atoms with van der Waals surface area (Å²) < 4.78 is 31.3. The Balaban J connectivity index is 2.45. The van der Waals surface area contributed by atoms with Crippen LogP contribution in [0.4, 0.5) is 11.4 Å². The molecular weight excluding hydrogens is 423 g/mol. The molecule has 2 aromatic rings. The van der Waals surface area contributed by atoms with E-state index in [0.29, 0.717) is 27.2 Å². The number of aryl methyl sites for hydroxylation is 1. The quantitative estimate of drug-likeness (QED) is 0.681. The van der Waals surface area contributed by atoms with E-state index >= 15 is 0 Å². The molecule has 0 saturated carbocycles. The average molecular weight is 445 g/mol. The minimum absolute atomic E-state index is 0.243. The zero-order chi connectivity index (χ0) is 21.1. The maximum atomic E-state index is 13.0. The molecule has 9 heteroatoms. The molecule has 0 aliphatic carbocycles. The van der Waals surface area contributed by atoms with Gasteiger partial charge >= 0.3 is 0 Å². The number of amides is 1. The van der Waals surface area contributed by atoms with Gasteiger partial charge in [-0.15, -0.1) is 0 Å². The lowest BCUT2D eigenvalue weighted by Crippen LogP contribution is -2.47. The highest BCUT2D eigenvalue weighted by atomic mass is 35.5. The van der Waals surface area contributed by atoms with Crippen molar-refractivity contribution in [2.24, 2.45) is 0 Å². The number of ether oxygens (including phenoxy) is 1. The molecule has 0 radical (unpaired) electrons. The Kier molecular flexibility index (Phi) is 7.20. The van der Waals surface area contributed by atoms with Crippen molar-refractivity contribution < 1.29 is 17.9 Å². The Hall–Kier alpha value is -1.96. The number of halogens is 2. The van der Waals surface area contributed by atoms with Gasteiger partial charge in [-0.1, -0.05) is 36.2 Å². The predicted molar refractivity (Wildman–Crippen MR) is 114 cm³/mol. The number of sulfonamides is 1. The van der Waals surface area contributed by atoms with E-state index in [-0.39, 0.29) is 6.42 Å². The number of hydrogen-bond donors (Lipinski definition) is 1. The third-order valence-corrected chi connectivity index (χ3v) is 5.98. The van der Waals surface area contributed by atoms with Crippen LogP contribution in [0.2, 0.25) is 10.0 Å². The number of benzene rings is 2. The normalized spacial score (nSPS) is 12.4. The van der Waals surface area contributed by atoms with Crippen molar-refractivity contribution in [3.8, 4) is 5.75 Å². The second kappa shape index (κ2) is 9.03. The van der Waals surface area contributed by atoms with Gasteiger partial charge in [0.05, 0.1) is 24.7 Å². The van der Waals surface area contributed by atoms with Gasteiger partial charge < -0.3 is 10.1 Å². The van der Waals surface area contributed by atoms with E-state index in [9.17, 15) is 13.2 Å². The maximum absolute atomic E-state index is 13.0. The highest BCUT2D eigenvalue weighted by Crippen LogP contribution is 2.30. The van der Waals surface area contributed by atoms with E-state index in [1.807, 2.05) is 6.92 Å². The lowest BCUT2D eigenvalue weighted by Gasteiger charge is -2.30. The number of methoxy groups -OCH3 is 1. The molecule has 2 rings (SSSR count). The van der Waals surface area contributed by atoms with Crippen LogP contribution < -0.4 is 14.4 Å². The number of carbonyl (C=O) groups excluding carboxylic acids is 1. The van der Waals surface area contributed by atoms with Gasteiger partial charge in [0.15, 0.2) is 0 Å². The lowest BCUT2D eigenvalue weighted by molar-refractivity contribution is -0.117. The first-order valence-corrected chi connectivity index (χ1v) is 11.1. The molecule has 1 N–H and O–H groups in total. The summed E-state index contributed by atoms with van der Waals surface area (Å²) in [6, 6.07) is 8.67. The summed E-state index contributed by atoms with van der Waals surface area (Å²) in [5.74, 6) is -0.0953. The second-order valence-corrected chi connectivity index (χ2v) is 8.95. The van der Waals surface area contributed by atoms with E-state index in [1.54, 1.807) is 37.3 Å². The van der Waals surface area contributed by atoms with Crippen LogP contribution in [0.25, 0.3) is 0 Å². The van der Waals surface area contributed by atoms with Crippen molar-refractivity contribution in [1.29, 1.82) is 0 Å². The van der Waals surface area contributed by atoms with E-state index in [0.717, 1.165) is 16.1 Å². The topological polar surface area (TPSA) is 75.7 Å². The summed E-state index contributed by atoms with van der Waals surface area (Å²) in [5.41, 5.74) is 1.48. The van der Waals surface area contributed by atoms with Gasteiger partial charge in [0, 0.05) is 10.0 Å². The summed E-state index contributed by atoms with van der Waals surface area (Å²) in [7, 11) is -2.30. The molecule has 6 nitrogen and oxygen atoms in total. The van der Waals surface area contributed by atoms with Crippen LogP contribution >= 0.6 is 23.2 Å². The summed E-state index contributed by atoms with van der Waals surface area (Å²) >= 11 is 12.2. The Bertz CT molecular complexity index is 980. The van der Waals surface area contributed by atoms with Crippen molar-refractivity contribution in [1.82, 2.24) is 0 Å². The summed E-state index contributed by atoms with van der Waals surface area (Å²) in [5, 5.41) is 3.54. The molecule has 0 heterocycles. The van der Waals surface area contributed by atoms with E-state index in [4.69, 9.17) is 27.9 Å². The fourth-order valence-corrected chi connectivity index (χ4v) is 4.32. The minimum atomic E-state index is -3.76. The first-order chi connectivity index (χ1) is 13.1. The van der Waals surface area contributed by atoms with Crippen LogP contribution in [-0.2, 0) is 14.8 Å². The van der Waals surface area contributed by atoms with Gasteiger partial charge in [-0.3, -0.25) is 9.10 Å². The monoisotopic (exact) mass is 444 g/mol. The van der Waals surface area contributed by atoms with Crippen molar-refractivity contribution in [2.45, 2.75) is 26.3 Å². The first-order valence-electron chi connectivity index (χ1n) is 8.48. The zero-order valence-corrected chi connectivity index (χ0v) is 18.3. The molecule has 0 spiro atoms. The van der Waals surface area contributed by atoms with Crippen LogP contribution in [0.3, 0.4) is 0 Å². The van der Waals surface area contributed by atoms with Gasteiger partial charge in [-0.25, -0.2) is 8.42 Å². The molecule has 28 heavy (non-hydrogen) atoms. The highest BCUT2D eigenvalue weighted by Gasteiger charge is 2.32. The van der Waals surface area contributed by atoms with Crippen LogP contribution in [0.1, 0.15) is 18.9 Å². The number of hydrogen-bond acceptors (Lipinski definition) is 4. The van der Waals surface area contributed by atoms with E-state index in [1.165, 1.54) is 13.2 Å². The Morgan fingerprint density at radius 1 is 1.21 bits per heavy atom. The van der Waals surface area contributed by atoms with Crippen molar-refractivity contribution in [3.05, 3.63) is 52.0 Å². The molecular formula is C19H22Cl2N2O4S. The van der Waals surface area contributed by atoms with Crippen LogP contribution in [0.5, 0.6) is 5.75 Å². The Morgan fingerprint density at radius 2 is 1.89 bits per heavy atom. The third-order valence-electron chi connectivity index (χ3n) is 4.16. The van der Waals surface area contributed by atoms with E-state index in [2.05, 4.69) is 5.32 Å². The number of rotatable bonds is 7. The lowest BCUT2D eigenvalue weighted by atomic mass is 10.1. The average Bonchev–Trinajstić information content (AvgIpc) is 2.61. The summed E-state index contributed by atoms with van der Waals surface area (Å²) in [6.45, 7) is 3.54. The van der Waals surface area contributed by atoms with Gasteiger partial charge in [0.25, 0.3) is 0 Å². The number of anilines is 2. The van der Waals surface area contributed by atoms with Gasteiger partial charge in [-0.2, -0.15) is 0 Å². The fraction of sp³-hybridized carbons (Fsp3) is 0.316. The van der Waals surface area contributed by atoms with Crippen molar-refractivity contribution >= 4 is 50.5 Å². The molecule has 0 fully saturated rings. The SMILES string of the molecule is CCC(C(=O)Nc1cc(Cl)ccc1OC)N(c1ccc(C)c(Cl)c1)S(C)(=O)=O. The Morgan fingerprint density at radius 3 is 2.43 bits per heavy atom. The fourth-order valence-electron chi connectivity index (χ4n) is 2.77. The highest BCUT2D eigenvalue weighted by molar-refractivity contribution is 7.92. The molecule has 1 unspecified atom stereocenters. The molecule has 0 aliphatic rings. The number of carbonyl (C=O) groups is 1. The summed E-state index contributed by atoms with van der Waals surface area (Å²) in [6.07, 6.45) is 1.30. The second-order valence-electron chi connectivity index (χ2n) is 6.25. The number of nitrogens with zero attached hydrogens (tertiary/aromatic N) is 1. The molecule has 1 atom stereocenters. The molecule has 152 valence electrons. The Labute approximate surface area is 175 Å². The molecule has 2 aromatic carbocycles. The smallest absolute Gasteiger partial charge is 0.248 e. The third kappa shape index (κ3) is 5.10. The summed E-state index contributed by atoms with van der Waals surface area (Å²) in [4.78, 5) is 13.0. The zero-order valence-electron chi connectivity index (χ0n) is 16.0. The van der Waals surface area contributed by atoms with Crippen LogP contribution in [0, 0.1) is 6.92 Å². The first kappa shape index (κ1) is 22.3. The standard InChI is InChI=1S/C19H22Cl2N2O4S/c1-5-17(19(24)22-16-10-13(20)7-9-18(16)27-3)23(28(4,25)26)14-8-6-12(2)15(21)11-14/h6-11,17H,5H2,1-4H3,(H,22,24). The minimum Gasteiger partial charge on any atom is -0.495 e. The van der Waals surface area contributed by atoms with Crippen LogP contribution in [-0.4, -0.2) is 33.7 Å².